The molecule has 0 spiro atoms. The molecule has 21 heteroatoms. The zero-order valence-corrected chi connectivity index (χ0v) is 36.5. The molecule has 358 valence electrons. The van der Waals surface area contributed by atoms with Crippen molar-refractivity contribution in [3.05, 3.63) is 83.7 Å². The Hall–Kier alpha value is -5.07. The van der Waals surface area contributed by atoms with Gasteiger partial charge in [0.1, 0.15) is 36.1 Å². The highest BCUT2D eigenvalue weighted by Gasteiger charge is 2.43. The first kappa shape index (κ1) is 49.4. The van der Waals surface area contributed by atoms with Crippen molar-refractivity contribution in [2.45, 2.75) is 69.4 Å². The Kier molecular flexibility index (Phi) is 19.4. The molecule has 3 aliphatic heterocycles. The van der Waals surface area contributed by atoms with Crippen molar-refractivity contribution in [1.29, 1.82) is 0 Å². The van der Waals surface area contributed by atoms with Crippen molar-refractivity contribution in [3.63, 3.8) is 0 Å². The first-order valence-corrected chi connectivity index (χ1v) is 21.8. The molecule has 0 aromatic heterocycles. The number of amides is 1. The molecule has 20 nitrogen and oxygen atoms in total. The lowest BCUT2D eigenvalue weighted by Crippen LogP contribution is -2.55. The summed E-state index contributed by atoms with van der Waals surface area (Å²) in [5.74, 6) is 0.481. The van der Waals surface area contributed by atoms with Crippen molar-refractivity contribution in [1.82, 2.24) is 15.7 Å². The third-order valence-corrected chi connectivity index (χ3v) is 11.2. The van der Waals surface area contributed by atoms with E-state index in [4.69, 9.17) is 54.0 Å². The Balaban J connectivity index is 1.20. The molecule has 4 unspecified atom stereocenters. The maximum absolute atomic E-state index is 14.0. The fourth-order valence-corrected chi connectivity index (χ4v) is 8.02. The number of carbonyl (C=O) groups excluding carboxylic acids is 2. The van der Waals surface area contributed by atoms with Crippen LogP contribution in [0, 0.1) is 5.82 Å². The van der Waals surface area contributed by atoms with Crippen LogP contribution in [-0.2, 0) is 40.0 Å². The van der Waals surface area contributed by atoms with Crippen LogP contribution in [0.5, 0.6) is 11.5 Å². The van der Waals surface area contributed by atoms with E-state index in [1.807, 2.05) is 48.5 Å². The molecule has 1 amide bonds. The number of benzene rings is 3. The van der Waals surface area contributed by atoms with Crippen molar-refractivity contribution in [3.8, 4) is 11.5 Å². The highest BCUT2D eigenvalue weighted by Crippen LogP contribution is 2.37. The van der Waals surface area contributed by atoms with E-state index in [1.54, 1.807) is 13.2 Å². The average molecular weight is 918 g/mol. The van der Waals surface area contributed by atoms with Gasteiger partial charge in [0.2, 0.25) is 0 Å². The zero-order chi connectivity index (χ0) is 46.0. The fraction of sp³-hybridized carbons (Fsp3) is 0.545. The van der Waals surface area contributed by atoms with Crippen LogP contribution >= 0.6 is 0 Å². The number of hydrogen-bond acceptors (Lipinski definition) is 19. The molecule has 65 heavy (non-hydrogen) atoms. The third-order valence-electron chi connectivity index (χ3n) is 11.2. The molecule has 2 fully saturated rings. The number of halogens is 1. The van der Waals surface area contributed by atoms with Gasteiger partial charge < -0.3 is 47.9 Å². The second kappa shape index (κ2) is 25.6. The monoisotopic (exact) mass is 917 g/mol. The largest absolute Gasteiger partial charge is 0.508 e. The number of unbranched alkanes of at least 4 members (excludes halogenated alkanes) is 2. The Morgan fingerprint density at radius 3 is 2.25 bits per heavy atom. The van der Waals surface area contributed by atoms with Gasteiger partial charge in [0.05, 0.1) is 87.7 Å². The predicted molar refractivity (Wildman–Crippen MR) is 226 cm³/mol. The number of carbonyl (C=O) groups is 2. The number of anilines is 2. The van der Waals surface area contributed by atoms with Crippen LogP contribution in [-0.4, -0.2) is 153 Å². The Morgan fingerprint density at radius 1 is 0.800 bits per heavy atom. The maximum atomic E-state index is 14.0. The molecule has 4 atom stereocenters. The summed E-state index contributed by atoms with van der Waals surface area (Å²) in [5, 5.41) is 34.4. The summed E-state index contributed by atoms with van der Waals surface area (Å²) in [5.41, 5.74) is 3.34. The molecule has 2 saturated heterocycles. The van der Waals surface area contributed by atoms with Gasteiger partial charge in [0, 0.05) is 38.9 Å². The second-order valence-corrected chi connectivity index (χ2v) is 15.7. The minimum atomic E-state index is -0.977. The quantitative estimate of drug-likeness (QED) is 0.0464. The smallest absolute Gasteiger partial charge is 0.490 e. The van der Waals surface area contributed by atoms with Gasteiger partial charge in [-0.2, -0.15) is 0 Å². The van der Waals surface area contributed by atoms with E-state index in [9.17, 15) is 14.0 Å². The van der Waals surface area contributed by atoms with E-state index in [2.05, 4.69) is 19.5 Å². The minimum Gasteiger partial charge on any atom is -0.490 e. The molecule has 0 aliphatic carbocycles. The lowest BCUT2D eigenvalue weighted by Gasteiger charge is -2.42. The number of methoxy groups -OCH3 is 1. The summed E-state index contributed by atoms with van der Waals surface area (Å²) in [6.07, 6.45) is -0.502. The summed E-state index contributed by atoms with van der Waals surface area (Å²) in [4.78, 5) is 41.8. The third kappa shape index (κ3) is 15.5. The van der Waals surface area contributed by atoms with Crippen molar-refractivity contribution < 1.29 is 77.6 Å². The molecule has 3 heterocycles. The van der Waals surface area contributed by atoms with Crippen LogP contribution in [0.4, 0.5) is 25.4 Å². The number of piperidine rings is 1. The van der Waals surface area contributed by atoms with Gasteiger partial charge in [-0.3, -0.25) is 30.5 Å². The minimum absolute atomic E-state index is 0.00658. The first-order valence-electron chi connectivity index (χ1n) is 21.8. The summed E-state index contributed by atoms with van der Waals surface area (Å²) in [6.45, 7) is 4.03. The highest BCUT2D eigenvalue weighted by atomic mass is 19.1. The van der Waals surface area contributed by atoms with Gasteiger partial charge in [0.25, 0.3) is 0 Å². The van der Waals surface area contributed by atoms with Crippen LogP contribution in [0.25, 0.3) is 0 Å². The summed E-state index contributed by atoms with van der Waals surface area (Å²) < 4.78 is 55.3. The van der Waals surface area contributed by atoms with Crippen LogP contribution in [0.3, 0.4) is 0 Å². The van der Waals surface area contributed by atoms with E-state index >= 15 is 0 Å². The lowest BCUT2D eigenvalue weighted by molar-refractivity contribution is -0.492. The van der Waals surface area contributed by atoms with E-state index in [0.29, 0.717) is 57.7 Å². The molecule has 3 aliphatic rings. The number of rotatable bonds is 24. The molecule has 0 saturated carbocycles. The van der Waals surface area contributed by atoms with Gasteiger partial charge in [-0.15, -0.1) is 0 Å². The fourth-order valence-electron chi connectivity index (χ4n) is 8.02. The first-order chi connectivity index (χ1) is 31.6. The lowest BCUT2D eigenvalue weighted by atomic mass is 9.84. The second-order valence-electron chi connectivity index (χ2n) is 15.7. The number of hydrogen-bond donors (Lipinski definition) is 4. The molecule has 4 N–H and O–H groups in total. The van der Waals surface area contributed by atoms with Crippen molar-refractivity contribution >= 4 is 23.6 Å². The highest BCUT2D eigenvalue weighted by molar-refractivity contribution is 5.68. The molecular formula is C44H60FN5O15. The van der Waals surface area contributed by atoms with Gasteiger partial charge >= 0.3 is 12.2 Å². The van der Waals surface area contributed by atoms with Crippen LogP contribution in [0.2, 0.25) is 0 Å². The predicted octanol–water partition coefficient (Wildman–Crippen LogP) is 5.95. The van der Waals surface area contributed by atoms with Crippen molar-refractivity contribution in [2.75, 3.05) is 95.8 Å². The molecule has 3 aromatic carbocycles. The topological polar surface area (TPSA) is 214 Å². The molecular weight excluding hydrogens is 858 g/mol. The number of ether oxygens (including phenoxy) is 7. The number of likely N-dealkylation sites (tertiary alicyclic amines) is 1. The summed E-state index contributed by atoms with van der Waals surface area (Å²) >= 11 is 0. The van der Waals surface area contributed by atoms with Gasteiger partial charge in [-0.05, 0) is 85.7 Å². The summed E-state index contributed by atoms with van der Waals surface area (Å²) in [7, 11) is 1.68. The Morgan fingerprint density at radius 2 is 1.52 bits per heavy atom. The van der Waals surface area contributed by atoms with Crippen LogP contribution in [0.15, 0.2) is 66.7 Å². The van der Waals surface area contributed by atoms with Gasteiger partial charge in [-0.25, -0.2) is 14.0 Å². The normalized spacial score (nSPS) is 19.6. The maximum Gasteiger partial charge on any atom is 0.508 e. The average Bonchev–Trinajstić information content (AvgIpc) is 3.76. The Labute approximate surface area is 376 Å². The number of fused-ring (bicyclic) bond motifs is 1. The van der Waals surface area contributed by atoms with Gasteiger partial charge in [-0.1, -0.05) is 24.3 Å². The van der Waals surface area contributed by atoms with E-state index < -0.39 is 35.8 Å². The van der Waals surface area contributed by atoms with E-state index in [-0.39, 0.29) is 63.4 Å². The van der Waals surface area contributed by atoms with Gasteiger partial charge in [0.15, 0.2) is 0 Å². The summed E-state index contributed by atoms with van der Waals surface area (Å²) in [6, 6.07) is 19.8. The standard InChI is InChI=1S/C44H60FN5O15/c1-57-20-7-17-46-19-25-58-39-15-10-32(26-38(39)46)31-61-40-29-48(43(51)59-21-2-4-23-62-49(53)54)30-41(65-44(52)60-22-3-5-24-63-50(55)56)42(40)33-11-13-36(14-12-33)64-37-16-18-47(28-37)35-9-6-8-34(45)27-35/h6,8-15,26-27,37,40-42,53-56H,2-5,7,16-25,28-31H2,1H3. The molecule has 0 bridgehead atoms. The molecule has 0 radical (unpaired) electrons. The van der Waals surface area contributed by atoms with Crippen molar-refractivity contribution in [2.24, 2.45) is 0 Å². The Bertz CT molecular complexity index is 1920. The number of nitrogens with zero attached hydrogens (tertiary/aromatic N) is 5. The van der Waals surface area contributed by atoms with Crippen LogP contribution < -0.4 is 19.3 Å². The van der Waals surface area contributed by atoms with Crippen LogP contribution in [0.1, 0.15) is 55.6 Å². The van der Waals surface area contributed by atoms with E-state index in [0.717, 1.165) is 54.2 Å². The zero-order valence-electron chi connectivity index (χ0n) is 36.5. The molecule has 3 aromatic rings. The van der Waals surface area contributed by atoms with E-state index in [1.165, 1.54) is 17.0 Å². The SMILES string of the molecule is COCCCN1CCOc2ccc(COC3CN(C(=O)OCCCCON(O)O)CC(OC(=O)OCCCCON(O)O)C3c3ccc(OC4CCN(c5cccc(F)c5)C4)cc3)cc21. The molecule has 6 rings (SSSR count).